The van der Waals surface area contributed by atoms with Gasteiger partial charge in [-0.25, -0.2) is 0 Å². The Bertz CT molecular complexity index is 254. The number of hydrogen-bond donors (Lipinski definition) is 5. The van der Waals surface area contributed by atoms with E-state index in [0.29, 0.717) is 0 Å². The number of rotatable bonds is 2. The number of hydrogen-bond acceptors (Lipinski definition) is 6. The van der Waals surface area contributed by atoms with Crippen LogP contribution in [0.5, 0.6) is 0 Å². The van der Waals surface area contributed by atoms with E-state index in [1.807, 2.05) is 0 Å². The average molecular weight is 191 g/mol. The molecule has 1 amide bonds. The van der Waals surface area contributed by atoms with Gasteiger partial charge in [0.25, 0.3) is 5.91 Å². The molecule has 0 aromatic rings. The van der Waals surface area contributed by atoms with Crippen molar-refractivity contribution in [3.05, 3.63) is 0 Å². The van der Waals surface area contributed by atoms with Crippen LogP contribution in [0.1, 0.15) is 0 Å². The highest BCUT2D eigenvalue weighted by molar-refractivity contribution is 5.98. The fourth-order valence-corrected chi connectivity index (χ4v) is 1.06. The topological polar surface area (TPSA) is 127 Å². The summed E-state index contributed by atoms with van der Waals surface area (Å²) in [5.41, 5.74) is -2.58. The summed E-state index contributed by atoms with van der Waals surface area (Å²) < 4.78 is 0. The van der Waals surface area contributed by atoms with Crippen molar-refractivity contribution in [1.29, 1.82) is 0 Å². The van der Waals surface area contributed by atoms with Crippen LogP contribution in [0.4, 0.5) is 0 Å². The van der Waals surface area contributed by atoms with Crippen LogP contribution in [0.3, 0.4) is 0 Å². The highest BCUT2D eigenvalue weighted by Crippen LogP contribution is 2.19. The molecule has 0 bridgehead atoms. The number of Topliss-reactive ketones (excluding diaryl/α,β-unsaturated/α-hetero) is 1. The third kappa shape index (κ3) is 1.31. The molecule has 1 rings (SSSR count). The Labute approximate surface area is 72.6 Å². The first kappa shape index (κ1) is 10.1. The molecule has 7 heteroatoms. The van der Waals surface area contributed by atoms with Crippen molar-refractivity contribution in [3.8, 4) is 0 Å². The number of carbonyl (C=O) groups excluding carboxylic acids is 2. The van der Waals surface area contributed by atoms with E-state index in [1.165, 1.54) is 0 Å². The fourth-order valence-electron chi connectivity index (χ4n) is 1.06. The third-order valence-electron chi connectivity index (χ3n) is 1.88. The molecule has 7 nitrogen and oxygen atoms in total. The number of aliphatic hydroxyl groups is 4. The highest BCUT2D eigenvalue weighted by atomic mass is 16.4. The maximum absolute atomic E-state index is 10.9. The lowest BCUT2D eigenvalue weighted by molar-refractivity contribution is -0.157. The molecule has 13 heavy (non-hydrogen) atoms. The largest absolute Gasteiger partial charge is 0.388 e. The summed E-state index contributed by atoms with van der Waals surface area (Å²) in [6.07, 6.45) is -3.82. The van der Waals surface area contributed by atoms with Crippen molar-refractivity contribution in [2.75, 3.05) is 6.61 Å². The van der Waals surface area contributed by atoms with Gasteiger partial charge in [-0.05, 0) is 0 Å². The molecular formula is C6H9NO6. The van der Waals surface area contributed by atoms with Crippen LogP contribution >= 0.6 is 0 Å². The summed E-state index contributed by atoms with van der Waals surface area (Å²) in [5.74, 6) is -2.23. The van der Waals surface area contributed by atoms with E-state index >= 15 is 0 Å². The first-order chi connectivity index (χ1) is 5.93. The molecule has 0 aliphatic carbocycles. The summed E-state index contributed by atoms with van der Waals surface area (Å²) >= 11 is 0. The first-order valence-electron chi connectivity index (χ1n) is 3.48. The van der Waals surface area contributed by atoms with Crippen molar-refractivity contribution >= 4 is 11.7 Å². The molecule has 0 aromatic carbocycles. The Morgan fingerprint density at radius 1 is 1.54 bits per heavy atom. The second kappa shape index (κ2) is 3.04. The van der Waals surface area contributed by atoms with Crippen LogP contribution in [-0.4, -0.2) is 56.7 Å². The third-order valence-corrected chi connectivity index (χ3v) is 1.88. The van der Waals surface area contributed by atoms with Gasteiger partial charge in [-0.15, -0.1) is 0 Å². The highest BCUT2D eigenvalue weighted by Gasteiger charge is 2.55. The quantitative estimate of drug-likeness (QED) is 0.303. The minimum Gasteiger partial charge on any atom is -0.388 e. The van der Waals surface area contributed by atoms with Crippen LogP contribution in [0, 0.1) is 0 Å². The van der Waals surface area contributed by atoms with E-state index in [1.54, 1.807) is 5.32 Å². The van der Waals surface area contributed by atoms with E-state index in [2.05, 4.69) is 0 Å². The zero-order valence-corrected chi connectivity index (χ0v) is 6.47. The molecule has 1 saturated heterocycles. The predicted molar refractivity (Wildman–Crippen MR) is 37.2 cm³/mol. The monoisotopic (exact) mass is 191 g/mol. The maximum atomic E-state index is 10.9. The lowest BCUT2D eigenvalue weighted by atomic mass is 10.0. The number of amides is 1. The van der Waals surface area contributed by atoms with E-state index < -0.39 is 36.2 Å². The maximum Gasteiger partial charge on any atom is 0.254 e. The lowest BCUT2D eigenvalue weighted by Gasteiger charge is -2.23. The zero-order chi connectivity index (χ0) is 10.2. The van der Waals surface area contributed by atoms with Crippen molar-refractivity contribution < 1.29 is 30.0 Å². The predicted octanol–water partition coefficient (Wildman–Crippen LogP) is -3.91. The van der Waals surface area contributed by atoms with Gasteiger partial charge in [0.2, 0.25) is 11.5 Å². The Balaban J connectivity index is 2.93. The molecule has 0 radical (unpaired) electrons. The second-order valence-corrected chi connectivity index (χ2v) is 2.73. The fraction of sp³-hybridized carbons (Fsp3) is 0.667. The molecule has 74 valence electrons. The van der Waals surface area contributed by atoms with Crippen molar-refractivity contribution in [2.24, 2.45) is 0 Å². The van der Waals surface area contributed by atoms with Gasteiger partial charge in [-0.2, -0.15) is 0 Å². The number of aliphatic hydroxyl groups excluding tert-OH is 3. The Hall–Kier alpha value is -1.02. The minimum absolute atomic E-state index is 1.04. The normalized spacial score (nSPS) is 38.9. The van der Waals surface area contributed by atoms with Gasteiger partial charge in [0.05, 0.1) is 0 Å². The zero-order valence-electron chi connectivity index (χ0n) is 6.47. The summed E-state index contributed by atoms with van der Waals surface area (Å²) in [4.78, 5) is 21.6. The van der Waals surface area contributed by atoms with E-state index in [0.717, 1.165) is 0 Å². The van der Waals surface area contributed by atoms with Gasteiger partial charge >= 0.3 is 0 Å². The molecule has 1 heterocycles. The number of carbonyl (C=O) groups is 2. The van der Waals surface area contributed by atoms with Gasteiger partial charge in [0.15, 0.2) is 6.10 Å². The lowest BCUT2D eigenvalue weighted by Crippen LogP contribution is -2.57. The van der Waals surface area contributed by atoms with E-state index in [-0.39, 0.29) is 0 Å². The smallest absolute Gasteiger partial charge is 0.254 e. The summed E-state index contributed by atoms with van der Waals surface area (Å²) in [6, 6.07) is 0. The molecule has 0 saturated carbocycles. The first-order valence-corrected chi connectivity index (χ1v) is 3.48. The van der Waals surface area contributed by atoms with Crippen molar-refractivity contribution in [2.45, 2.75) is 17.9 Å². The van der Waals surface area contributed by atoms with Crippen LogP contribution in [0.25, 0.3) is 0 Å². The average Bonchev–Trinajstić information content (AvgIpc) is 2.30. The second-order valence-electron chi connectivity index (χ2n) is 2.73. The Morgan fingerprint density at radius 3 is 2.38 bits per heavy atom. The van der Waals surface area contributed by atoms with Crippen molar-refractivity contribution in [1.82, 2.24) is 5.32 Å². The number of ketones is 1. The van der Waals surface area contributed by atoms with E-state index in [4.69, 9.17) is 15.3 Å². The molecule has 5 N–H and O–H groups in total. The molecule has 1 fully saturated rings. The minimum atomic E-state index is -2.58. The number of nitrogens with one attached hydrogen (secondary N) is 1. The molecule has 0 unspecified atom stereocenters. The SMILES string of the molecule is O=C1N[C@@](O)(C(=O)CO)[C@H](O)[C@@H]1O. The van der Waals surface area contributed by atoms with Gasteiger partial charge in [-0.3, -0.25) is 9.59 Å². The van der Waals surface area contributed by atoms with Gasteiger partial charge in [0, 0.05) is 0 Å². The van der Waals surface area contributed by atoms with Gasteiger partial charge in [0.1, 0.15) is 12.7 Å². The molecule has 1 aliphatic rings. The summed E-state index contributed by atoms with van der Waals surface area (Å²) in [7, 11) is 0. The van der Waals surface area contributed by atoms with Crippen LogP contribution in [0.2, 0.25) is 0 Å². The summed E-state index contributed by atoms with van der Waals surface area (Å²) in [6.45, 7) is -1.04. The Kier molecular flexibility index (Phi) is 2.35. The molecule has 0 aromatic heterocycles. The standard InChI is InChI=1S/C6H9NO6/c8-1-2(9)6(13)4(11)3(10)5(12)7-6/h3-4,8,10-11,13H,1H2,(H,7,12)/t3-,4+,6+/m0/s1. The summed E-state index contributed by atoms with van der Waals surface area (Å²) in [5, 5.41) is 37.4. The van der Waals surface area contributed by atoms with E-state index in [9.17, 15) is 14.7 Å². The molecule has 1 aliphatic heterocycles. The van der Waals surface area contributed by atoms with Crippen LogP contribution < -0.4 is 5.32 Å². The van der Waals surface area contributed by atoms with Crippen molar-refractivity contribution in [3.63, 3.8) is 0 Å². The van der Waals surface area contributed by atoms with Crippen LogP contribution in [0.15, 0.2) is 0 Å². The molecule has 3 atom stereocenters. The molecule has 0 spiro atoms. The van der Waals surface area contributed by atoms with Gasteiger partial charge in [-0.1, -0.05) is 0 Å². The molecular weight excluding hydrogens is 182 g/mol. The van der Waals surface area contributed by atoms with Gasteiger partial charge < -0.3 is 25.7 Å². The Morgan fingerprint density at radius 2 is 2.08 bits per heavy atom. The van der Waals surface area contributed by atoms with Crippen LogP contribution in [-0.2, 0) is 9.59 Å².